The first kappa shape index (κ1) is 17.1. The van der Waals surface area contributed by atoms with Crippen LogP contribution < -0.4 is 5.63 Å². The number of nitrogens with zero attached hydrogens (tertiary/aromatic N) is 1. The van der Waals surface area contributed by atoms with Crippen LogP contribution in [-0.4, -0.2) is 11.9 Å². The molecule has 0 bridgehead atoms. The molecule has 1 aliphatic rings. The van der Waals surface area contributed by atoms with Gasteiger partial charge in [0.25, 0.3) is 0 Å². The summed E-state index contributed by atoms with van der Waals surface area (Å²) in [5.41, 5.74) is 2.54. The van der Waals surface area contributed by atoms with E-state index in [2.05, 4.69) is 43.0 Å². The fraction of sp³-hybridized carbons (Fsp3) is 0.409. The maximum absolute atomic E-state index is 12.0. The summed E-state index contributed by atoms with van der Waals surface area (Å²) in [4.78, 5) is 14.1. The molecule has 2 heterocycles. The topological polar surface area (TPSA) is 46.6 Å². The van der Waals surface area contributed by atoms with Gasteiger partial charge < -0.3 is 8.83 Å². The summed E-state index contributed by atoms with van der Waals surface area (Å²) in [6, 6.07) is 11.9. The second-order valence-electron chi connectivity index (χ2n) is 7.57. The van der Waals surface area contributed by atoms with E-state index in [0.29, 0.717) is 18.0 Å². The first-order valence-electron chi connectivity index (χ1n) is 9.36. The van der Waals surface area contributed by atoms with Crippen molar-refractivity contribution >= 4 is 11.0 Å². The lowest BCUT2D eigenvalue weighted by atomic mass is 10.1. The van der Waals surface area contributed by atoms with Crippen molar-refractivity contribution in [2.75, 3.05) is 7.05 Å². The van der Waals surface area contributed by atoms with Crippen LogP contribution in [0.3, 0.4) is 0 Å². The summed E-state index contributed by atoms with van der Waals surface area (Å²) in [5, 5.41) is 1.00. The van der Waals surface area contributed by atoms with Crippen molar-refractivity contribution in [2.24, 2.45) is 5.92 Å². The lowest BCUT2D eigenvalue weighted by molar-refractivity contribution is 0.283. The molecule has 1 aromatic carbocycles. The predicted octanol–water partition coefficient (Wildman–Crippen LogP) is 4.70. The molecule has 0 spiro atoms. The summed E-state index contributed by atoms with van der Waals surface area (Å²) >= 11 is 0. The summed E-state index contributed by atoms with van der Waals surface area (Å²) in [7, 11) is 2.04. The second kappa shape index (κ2) is 6.76. The first-order chi connectivity index (χ1) is 12.5. The Morgan fingerprint density at radius 2 is 1.92 bits per heavy atom. The highest BCUT2D eigenvalue weighted by Gasteiger charge is 2.36. The number of hydrogen-bond donors (Lipinski definition) is 0. The molecule has 0 aliphatic heterocycles. The first-order valence-corrected chi connectivity index (χ1v) is 9.36. The fourth-order valence-electron chi connectivity index (χ4n) is 3.64. The van der Waals surface area contributed by atoms with Gasteiger partial charge in [0.1, 0.15) is 17.1 Å². The molecule has 0 unspecified atom stereocenters. The third kappa shape index (κ3) is 3.47. The van der Waals surface area contributed by atoms with Crippen molar-refractivity contribution in [3.05, 3.63) is 69.5 Å². The zero-order valence-electron chi connectivity index (χ0n) is 15.6. The molecule has 136 valence electrons. The number of hydrogen-bond acceptors (Lipinski definition) is 4. The zero-order chi connectivity index (χ0) is 18.3. The summed E-state index contributed by atoms with van der Waals surface area (Å²) < 4.78 is 11.4. The van der Waals surface area contributed by atoms with Gasteiger partial charge in [-0.3, -0.25) is 4.90 Å². The molecular formula is C22H25NO3. The molecule has 1 fully saturated rings. The van der Waals surface area contributed by atoms with E-state index in [4.69, 9.17) is 8.83 Å². The highest BCUT2D eigenvalue weighted by Crippen LogP contribution is 2.47. The van der Waals surface area contributed by atoms with E-state index in [0.717, 1.165) is 41.4 Å². The predicted molar refractivity (Wildman–Crippen MR) is 102 cm³/mol. The summed E-state index contributed by atoms with van der Waals surface area (Å²) in [6.07, 6.45) is 2.15. The Hall–Kier alpha value is -2.33. The number of aryl methyl sites for hydroxylation is 1. The largest absolute Gasteiger partial charge is 0.464 e. The van der Waals surface area contributed by atoms with Gasteiger partial charge in [-0.15, -0.1) is 0 Å². The standard InChI is InChI=1S/C22H25NO3/c1-4-15-5-7-18-16(11-22(24)26-21(18)10-15)12-23(3)13-17-6-8-20(25-17)19-9-14(19)2/h5-8,10-11,14,19H,4,9,12-13H2,1-3H3/t14-,19-/m1/s1. The molecule has 2 aromatic heterocycles. The minimum atomic E-state index is -0.294. The van der Waals surface area contributed by atoms with Gasteiger partial charge in [0.15, 0.2) is 0 Å². The van der Waals surface area contributed by atoms with Gasteiger partial charge >= 0.3 is 5.63 Å². The zero-order valence-corrected chi connectivity index (χ0v) is 15.6. The average molecular weight is 351 g/mol. The lowest BCUT2D eigenvalue weighted by Gasteiger charge is -2.16. The van der Waals surface area contributed by atoms with Crippen LogP contribution in [0.1, 0.15) is 48.8 Å². The Morgan fingerprint density at radius 1 is 1.12 bits per heavy atom. The maximum atomic E-state index is 12.0. The molecule has 26 heavy (non-hydrogen) atoms. The Bertz CT molecular complexity index is 984. The van der Waals surface area contributed by atoms with Gasteiger partial charge in [0.2, 0.25) is 0 Å². The number of furan rings is 1. The van der Waals surface area contributed by atoms with E-state index in [1.165, 1.54) is 12.0 Å². The molecule has 0 N–H and O–H groups in total. The molecule has 0 radical (unpaired) electrons. The number of rotatable bonds is 6. The van der Waals surface area contributed by atoms with Crippen LogP contribution in [0.4, 0.5) is 0 Å². The van der Waals surface area contributed by atoms with Crippen molar-refractivity contribution in [1.82, 2.24) is 4.90 Å². The van der Waals surface area contributed by atoms with Crippen LogP contribution >= 0.6 is 0 Å². The highest BCUT2D eigenvalue weighted by molar-refractivity contribution is 5.80. The minimum Gasteiger partial charge on any atom is -0.464 e. The third-order valence-corrected chi connectivity index (χ3v) is 5.33. The highest BCUT2D eigenvalue weighted by atomic mass is 16.4. The maximum Gasteiger partial charge on any atom is 0.336 e. The molecule has 4 nitrogen and oxygen atoms in total. The molecule has 1 saturated carbocycles. The Kier molecular flexibility index (Phi) is 4.45. The van der Waals surface area contributed by atoms with Crippen molar-refractivity contribution < 1.29 is 8.83 Å². The smallest absolute Gasteiger partial charge is 0.336 e. The van der Waals surface area contributed by atoms with Crippen LogP contribution in [0.2, 0.25) is 0 Å². The minimum absolute atomic E-state index is 0.294. The fourth-order valence-corrected chi connectivity index (χ4v) is 3.64. The molecule has 2 atom stereocenters. The monoisotopic (exact) mass is 351 g/mol. The quantitative estimate of drug-likeness (QED) is 0.604. The van der Waals surface area contributed by atoms with Gasteiger partial charge in [0.05, 0.1) is 6.54 Å². The molecule has 3 aromatic rings. The molecular weight excluding hydrogens is 326 g/mol. The van der Waals surface area contributed by atoms with Gasteiger partial charge in [-0.1, -0.05) is 26.0 Å². The van der Waals surface area contributed by atoms with Crippen molar-refractivity contribution in [3.63, 3.8) is 0 Å². The van der Waals surface area contributed by atoms with Crippen molar-refractivity contribution in [2.45, 2.75) is 45.7 Å². The van der Waals surface area contributed by atoms with E-state index in [1.54, 1.807) is 6.07 Å². The Balaban J connectivity index is 1.52. The molecule has 0 saturated heterocycles. The van der Waals surface area contributed by atoms with E-state index in [9.17, 15) is 4.79 Å². The summed E-state index contributed by atoms with van der Waals surface area (Å²) in [6.45, 7) is 5.74. The Morgan fingerprint density at radius 3 is 2.65 bits per heavy atom. The van der Waals surface area contributed by atoms with E-state index < -0.39 is 0 Å². The number of benzene rings is 1. The van der Waals surface area contributed by atoms with Crippen LogP contribution in [0, 0.1) is 5.92 Å². The average Bonchev–Trinajstić information content (AvgIpc) is 3.15. The molecule has 0 amide bonds. The summed E-state index contributed by atoms with van der Waals surface area (Å²) in [5.74, 6) is 3.43. The molecule has 1 aliphatic carbocycles. The van der Waals surface area contributed by atoms with Crippen molar-refractivity contribution in [3.8, 4) is 0 Å². The van der Waals surface area contributed by atoms with E-state index in [1.807, 2.05) is 13.1 Å². The Labute approximate surface area is 153 Å². The number of fused-ring (bicyclic) bond motifs is 1. The lowest BCUT2D eigenvalue weighted by Crippen LogP contribution is -2.18. The van der Waals surface area contributed by atoms with Gasteiger partial charge in [-0.25, -0.2) is 4.79 Å². The molecule has 4 heteroatoms. The van der Waals surface area contributed by atoms with Crippen molar-refractivity contribution in [1.29, 1.82) is 0 Å². The normalized spacial score (nSPS) is 19.4. The molecule has 4 rings (SSSR count). The van der Waals surface area contributed by atoms with Crippen LogP contribution in [0.25, 0.3) is 11.0 Å². The van der Waals surface area contributed by atoms with E-state index >= 15 is 0 Å². The second-order valence-corrected chi connectivity index (χ2v) is 7.57. The van der Waals surface area contributed by atoms with Crippen LogP contribution in [0.15, 0.2) is 50.0 Å². The van der Waals surface area contributed by atoms with Gasteiger partial charge in [-0.2, -0.15) is 0 Å². The van der Waals surface area contributed by atoms with E-state index in [-0.39, 0.29) is 5.63 Å². The SMILES string of the molecule is CCc1ccc2c(CN(C)Cc3ccc([C@@H]4C[C@H]4C)o3)cc(=O)oc2c1. The van der Waals surface area contributed by atoms with Gasteiger partial charge in [-0.05, 0) is 55.1 Å². The van der Waals surface area contributed by atoms with Crippen LogP contribution in [0.5, 0.6) is 0 Å². The third-order valence-electron chi connectivity index (χ3n) is 5.33. The van der Waals surface area contributed by atoms with Gasteiger partial charge in [0, 0.05) is 23.9 Å². The van der Waals surface area contributed by atoms with Crippen LogP contribution in [-0.2, 0) is 19.5 Å².